The molecule has 1 aliphatic rings. The minimum Gasteiger partial charge on any atom is -0.303 e. The molecular weight excluding hydrogens is 296 g/mol. The molecule has 5 heteroatoms. The maximum atomic E-state index is 14.1. The third-order valence-electron chi connectivity index (χ3n) is 4.47. The Hall–Kier alpha value is -1.75. The van der Waals surface area contributed by atoms with E-state index in [0.29, 0.717) is 17.5 Å². The molecule has 1 aromatic heterocycles. The van der Waals surface area contributed by atoms with E-state index in [2.05, 4.69) is 24.3 Å². The Morgan fingerprint density at radius 3 is 2.57 bits per heavy atom. The first-order valence-corrected chi connectivity index (χ1v) is 8.20. The second-order valence-corrected chi connectivity index (χ2v) is 6.72. The molecule has 0 saturated heterocycles. The van der Waals surface area contributed by atoms with Crippen molar-refractivity contribution in [3.8, 4) is 0 Å². The molecule has 1 aliphatic carbocycles. The quantitative estimate of drug-likeness (QED) is 0.847. The van der Waals surface area contributed by atoms with Crippen molar-refractivity contribution in [3.63, 3.8) is 0 Å². The number of nitrogens with zero attached hydrogens (tertiary/aromatic N) is 2. The number of nitrogens with one attached hydrogen (secondary N) is 1. The lowest BCUT2D eigenvalue weighted by molar-refractivity contribution is 0.409. The molecule has 0 radical (unpaired) electrons. The van der Waals surface area contributed by atoms with Crippen molar-refractivity contribution in [1.29, 1.82) is 0 Å². The molecule has 1 fully saturated rings. The first kappa shape index (κ1) is 16.1. The average Bonchev–Trinajstić information content (AvgIpc) is 3.22. The van der Waals surface area contributed by atoms with Crippen LogP contribution in [0.15, 0.2) is 30.6 Å². The number of hydrogen-bond donors (Lipinski definition) is 1. The lowest BCUT2D eigenvalue weighted by Crippen LogP contribution is -2.27. The van der Waals surface area contributed by atoms with Crippen molar-refractivity contribution in [2.45, 2.75) is 51.7 Å². The normalized spacial score (nSPS) is 17.5. The van der Waals surface area contributed by atoms with Crippen molar-refractivity contribution in [3.05, 3.63) is 53.4 Å². The molecule has 0 unspecified atom stereocenters. The van der Waals surface area contributed by atoms with Gasteiger partial charge in [-0.15, -0.1) is 0 Å². The summed E-state index contributed by atoms with van der Waals surface area (Å²) in [5.41, 5.74) is 1.48. The predicted octanol–water partition coefficient (Wildman–Crippen LogP) is 4.54. The van der Waals surface area contributed by atoms with Gasteiger partial charge in [0, 0.05) is 35.4 Å². The van der Waals surface area contributed by atoms with E-state index in [0.717, 1.165) is 18.4 Å². The molecule has 2 atom stereocenters. The maximum Gasteiger partial charge on any atom is 0.128 e. The fraction of sp³-hybridized carbons (Fsp3) is 0.500. The number of aromatic nitrogens is 2. The van der Waals surface area contributed by atoms with Gasteiger partial charge in [-0.1, -0.05) is 0 Å². The smallest absolute Gasteiger partial charge is 0.128 e. The summed E-state index contributed by atoms with van der Waals surface area (Å²) in [4.78, 5) is 0. The van der Waals surface area contributed by atoms with Crippen molar-refractivity contribution in [2.24, 2.45) is 5.92 Å². The van der Waals surface area contributed by atoms with E-state index in [9.17, 15) is 8.78 Å². The largest absolute Gasteiger partial charge is 0.303 e. The van der Waals surface area contributed by atoms with Crippen molar-refractivity contribution in [2.75, 3.05) is 0 Å². The Morgan fingerprint density at radius 1 is 1.22 bits per heavy atom. The zero-order valence-corrected chi connectivity index (χ0v) is 13.8. The Morgan fingerprint density at radius 2 is 1.96 bits per heavy atom. The van der Waals surface area contributed by atoms with Crippen LogP contribution in [0, 0.1) is 17.6 Å². The topological polar surface area (TPSA) is 29.9 Å². The highest BCUT2D eigenvalue weighted by Gasteiger charge is 2.35. The highest BCUT2D eigenvalue weighted by Crippen LogP contribution is 2.43. The summed E-state index contributed by atoms with van der Waals surface area (Å²) in [6, 6.07) is 3.85. The van der Waals surface area contributed by atoms with Gasteiger partial charge in [-0.2, -0.15) is 5.10 Å². The molecule has 2 aromatic rings. The van der Waals surface area contributed by atoms with Crippen LogP contribution in [0.4, 0.5) is 8.78 Å². The number of benzene rings is 1. The summed E-state index contributed by atoms with van der Waals surface area (Å²) in [5, 5.41) is 7.82. The van der Waals surface area contributed by atoms with Crippen molar-refractivity contribution >= 4 is 0 Å². The second-order valence-electron chi connectivity index (χ2n) is 6.72. The minimum absolute atomic E-state index is 0.0239. The monoisotopic (exact) mass is 319 g/mol. The molecule has 3 nitrogen and oxygen atoms in total. The molecule has 3 rings (SSSR count). The highest BCUT2D eigenvalue weighted by atomic mass is 19.1. The van der Waals surface area contributed by atoms with Gasteiger partial charge in [-0.3, -0.25) is 4.68 Å². The molecule has 1 heterocycles. The van der Waals surface area contributed by atoms with E-state index < -0.39 is 5.82 Å². The van der Waals surface area contributed by atoms with Crippen LogP contribution in [-0.4, -0.2) is 9.78 Å². The summed E-state index contributed by atoms with van der Waals surface area (Å²) in [6.07, 6.45) is 5.94. The zero-order valence-electron chi connectivity index (χ0n) is 13.8. The van der Waals surface area contributed by atoms with Crippen molar-refractivity contribution < 1.29 is 8.78 Å². The molecule has 1 saturated carbocycles. The van der Waals surface area contributed by atoms with Crippen LogP contribution in [0.25, 0.3) is 0 Å². The molecule has 0 amide bonds. The van der Waals surface area contributed by atoms with Gasteiger partial charge in [0.1, 0.15) is 11.6 Å². The Bertz CT molecular complexity index is 677. The molecule has 1 aromatic carbocycles. The van der Waals surface area contributed by atoms with Crippen molar-refractivity contribution in [1.82, 2.24) is 15.1 Å². The van der Waals surface area contributed by atoms with Gasteiger partial charge >= 0.3 is 0 Å². The van der Waals surface area contributed by atoms with Gasteiger partial charge in [0.15, 0.2) is 0 Å². The van der Waals surface area contributed by atoms with Crippen LogP contribution in [0.3, 0.4) is 0 Å². The van der Waals surface area contributed by atoms with E-state index in [1.54, 1.807) is 0 Å². The van der Waals surface area contributed by atoms with Crippen LogP contribution in [-0.2, 0) is 0 Å². The zero-order chi connectivity index (χ0) is 16.6. The van der Waals surface area contributed by atoms with Gasteiger partial charge < -0.3 is 5.32 Å². The molecule has 0 spiro atoms. The van der Waals surface area contributed by atoms with Crippen LogP contribution in [0.2, 0.25) is 0 Å². The lowest BCUT2D eigenvalue weighted by atomic mass is 9.99. The molecule has 0 bridgehead atoms. The third-order valence-corrected chi connectivity index (χ3v) is 4.47. The Balaban J connectivity index is 1.80. The van der Waals surface area contributed by atoms with Gasteiger partial charge in [0.25, 0.3) is 0 Å². The van der Waals surface area contributed by atoms with Gasteiger partial charge in [-0.05, 0) is 57.7 Å². The minimum atomic E-state index is -0.394. The summed E-state index contributed by atoms with van der Waals surface area (Å²) in [7, 11) is 0. The van der Waals surface area contributed by atoms with Crippen LogP contribution in [0.5, 0.6) is 0 Å². The van der Waals surface area contributed by atoms with E-state index in [1.807, 2.05) is 24.0 Å². The number of halogens is 2. The van der Waals surface area contributed by atoms with E-state index >= 15 is 0 Å². The summed E-state index contributed by atoms with van der Waals surface area (Å²) in [6.45, 7) is 6.18. The Kier molecular flexibility index (Phi) is 4.48. The standard InChI is InChI=1S/C18H23F2N3/c1-11(2)23-10-14(9-21-23)12(3)22-18(13-4-5-13)16-8-15(19)6-7-17(16)20/h6-13,18,22H,4-5H2,1-3H3/t12-,18-/m0/s1. The molecule has 124 valence electrons. The maximum absolute atomic E-state index is 14.1. The van der Waals surface area contributed by atoms with Gasteiger partial charge in [0.2, 0.25) is 0 Å². The molecule has 0 aliphatic heterocycles. The molecular formula is C18H23F2N3. The summed E-state index contributed by atoms with van der Waals surface area (Å²) in [5.74, 6) is -0.371. The highest BCUT2D eigenvalue weighted by molar-refractivity contribution is 5.25. The van der Waals surface area contributed by atoms with Gasteiger partial charge in [-0.25, -0.2) is 8.78 Å². The first-order chi connectivity index (χ1) is 11.0. The number of rotatable bonds is 6. The van der Waals surface area contributed by atoms with E-state index in [-0.39, 0.29) is 17.9 Å². The lowest BCUT2D eigenvalue weighted by Gasteiger charge is -2.23. The second kappa shape index (κ2) is 6.40. The van der Waals surface area contributed by atoms with E-state index in [1.165, 1.54) is 18.2 Å². The fourth-order valence-electron chi connectivity index (χ4n) is 2.89. The fourth-order valence-corrected chi connectivity index (χ4v) is 2.89. The summed E-state index contributed by atoms with van der Waals surface area (Å²) < 4.78 is 29.6. The SMILES string of the molecule is CC(C)n1cc([C@H](C)N[C@H](c2cc(F)ccc2F)C2CC2)cn1. The third kappa shape index (κ3) is 3.61. The predicted molar refractivity (Wildman–Crippen MR) is 86.0 cm³/mol. The summed E-state index contributed by atoms with van der Waals surface area (Å²) >= 11 is 0. The van der Waals surface area contributed by atoms with Crippen LogP contribution < -0.4 is 5.32 Å². The average molecular weight is 319 g/mol. The van der Waals surface area contributed by atoms with Crippen LogP contribution >= 0.6 is 0 Å². The Labute approximate surface area is 135 Å². The van der Waals surface area contributed by atoms with Gasteiger partial charge in [0.05, 0.1) is 6.20 Å². The number of hydrogen-bond acceptors (Lipinski definition) is 2. The van der Waals surface area contributed by atoms with E-state index in [4.69, 9.17) is 0 Å². The molecule has 23 heavy (non-hydrogen) atoms. The molecule has 1 N–H and O–H groups in total. The first-order valence-electron chi connectivity index (χ1n) is 8.20. The van der Waals surface area contributed by atoms with Crippen LogP contribution in [0.1, 0.15) is 62.9 Å².